The summed E-state index contributed by atoms with van der Waals surface area (Å²) in [5.41, 5.74) is 8.46. The van der Waals surface area contributed by atoms with Gasteiger partial charge in [-0.1, -0.05) is 13.8 Å². The third kappa shape index (κ3) is 4.14. The molecule has 1 aliphatic heterocycles. The lowest BCUT2D eigenvalue weighted by Gasteiger charge is -2.19. The van der Waals surface area contributed by atoms with E-state index in [9.17, 15) is 4.79 Å². The maximum atomic E-state index is 12.3. The molecule has 4 aromatic rings. The van der Waals surface area contributed by atoms with Crippen molar-refractivity contribution in [3.8, 4) is 17.2 Å². The van der Waals surface area contributed by atoms with Crippen molar-refractivity contribution in [2.45, 2.75) is 32.9 Å². The number of nitrogens with two attached hydrogens (primary N) is 1. The number of nitrogens with zero attached hydrogens (tertiary/aromatic N) is 8. The van der Waals surface area contributed by atoms with Gasteiger partial charge in [0.15, 0.2) is 11.5 Å². The number of hydrogen-bond donors (Lipinski definition) is 2. The molecule has 3 N–H and O–H groups in total. The van der Waals surface area contributed by atoms with Crippen LogP contribution < -0.4 is 16.0 Å². The number of nitriles is 1. The molecule has 0 aromatic carbocycles. The zero-order chi connectivity index (χ0) is 24.5. The highest BCUT2D eigenvalue weighted by Gasteiger charge is 2.32. The van der Waals surface area contributed by atoms with Crippen LogP contribution in [-0.4, -0.2) is 54.4 Å². The molecule has 11 nitrogen and oxygen atoms in total. The number of carbonyl (C=O) groups excluding carboxylic acids is 1. The Bertz CT molecular complexity index is 1410. The van der Waals surface area contributed by atoms with Gasteiger partial charge in [-0.2, -0.15) is 15.5 Å². The zero-order valence-electron chi connectivity index (χ0n) is 19.6. The highest BCUT2D eigenvalue weighted by atomic mass is 16.1. The molecule has 1 fully saturated rings. The summed E-state index contributed by atoms with van der Waals surface area (Å²) >= 11 is 0. The van der Waals surface area contributed by atoms with Crippen molar-refractivity contribution in [1.29, 1.82) is 5.26 Å². The third-order valence-electron chi connectivity index (χ3n) is 6.31. The third-order valence-corrected chi connectivity index (χ3v) is 6.31. The van der Waals surface area contributed by atoms with Gasteiger partial charge in [0, 0.05) is 61.6 Å². The van der Waals surface area contributed by atoms with Gasteiger partial charge in [-0.05, 0) is 24.5 Å². The van der Waals surface area contributed by atoms with Gasteiger partial charge in [-0.15, -0.1) is 0 Å². The second-order valence-electron chi connectivity index (χ2n) is 8.80. The van der Waals surface area contributed by atoms with Crippen LogP contribution >= 0.6 is 0 Å². The van der Waals surface area contributed by atoms with Crippen LogP contribution in [0.1, 0.15) is 36.2 Å². The predicted molar refractivity (Wildman–Crippen MR) is 131 cm³/mol. The fourth-order valence-electron chi connectivity index (χ4n) is 4.54. The summed E-state index contributed by atoms with van der Waals surface area (Å²) in [6, 6.07) is 5.85. The number of aryl methyl sites for hydroxylation is 1. The van der Waals surface area contributed by atoms with E-state index in [1.165, 1.54) is 6.20 Å². The van der Waals surface area contributed by atoms with Crippen LogP contribution in [0, 0.1) is 17.2 Å². The molecule has 5 rings (SSSR count). The maximum Gasteiger partial charge on any atom is 0.251 e. The normalized spacial score (nSPS) is 17.6. The van der Waals surface area contributed by atoms with E-state index in [0.717, 1.165) is 37.4 Å². The second-order valence-corrected chi connectivity index (χ2v) is 8.80. The fourth-order valence-corrected chi connectivity index (χ4v) is 4.54. The molecule has 4 aromatic heterocycles. The molecule has 35 heavy (non-hydrogen) atoms. The van der Waals surface area contributed by atoms with Gasteiger partial charge >= 0.3 is 0 Å². The molecule has 1 aliphatic rings. The molecular weight excluding hydrogens is 444 g/mol. The quantitative estimate of drug-likeness (QED) is 0.419. The highest BCUT2D eigenvalue weighted by molar-refractivity contribution is 6.04. The minimum atomic E-state index is -0.570. The van der Waals surface area contributed by atoms with Crippen LogP contribution in [-0.2, 0) is 6.54 Å². The highest BCUT2D eigenvalue weighted by Crippen LogP contribution is 2.34. The number of hydrogen-bond acceptors (Lipinski definition) is 8. The lowest BCUT2D eigenvalue weighted by atomic mass is 10.0. The Balaban J connectivity index is 1.51. The molecule has 0 radical (unpaired) electrons. The van der Waals surface area contributed by atoms with Crippen molar-refractivity contribution in [3.63, 3.8) is 0 Å². The standard InChI is InChI=1S/C24H26N10O/c1-3-7-33-13-18(21-17(22(26)35)11-29-34-8-6-27-24(21)34)23(31-33)30-19-14-32(12-15(19)2)20-5-4-16(9-25)10-28-20/h4-6,8,10-11,13,15,19H,3,7,12,14H2,1-2H3,(H2,26,35)(H,30,31)/t15-,19+/m0/s1. The van der Waals surface area contributed by atoms with Crippen molar-refractivity contribution >= 4 is 23.2 Å². The molecule has 1 amide bonds. The fraction of sp³-hybridized carbons (Fsp3) is 0.333. The zero-order valence-corrected chi connectivity index (χ0v) is 19.6. The van der Waals surface area contributed by atoms with Crippen LogP contribution in [0.3, 0.4) is 0 Å². The molecular formula is C24H26N10O. The molecule has 0 unspecified atom stereocenters. The van der Waals surface area contributed by atoms with E-state index in [-0.39, 0.29) is 6.04 Å². The number of primary amides is 1. The Kier molecular flexibility index (Phi) is 5.78. The van der Waals surface area contributed by atoms with Crippen LogP contribution in [0.5, 0.6) is 0 Å². The summed E-state index contributed by atoms with van der Waals surface area (Å²) in [6.07, 6.45) is 9.29. The van der Waals surface area contributed by atoms with E-state index < -0.39 is 5.91 Å². The maximum absolute atomic E-state index is 12.3. The van der Waals surface area contributed by atoms with E-state index in [0.29, 0.717) is 34.1 Å². The number of fused-ring (bicyclic) bond motifs is 1. The monoisotopic (exact) mass is 470 g/mol. The second kappa shape index (κ2) is 9.06. The molecule has 0 bridgehead atoms. The van der Waals surface area contributed by atoms with Gasteiger partial charge in [0.25, 0.3) is 5.91 Å². The number of pyridine rings is 1. The molecule has 0 spiro atoms. The first-order valence-corrected chi connectivity index (χ1v) is 11.6. The summed E-state index contributed by atoms with van der Waals surface area (Å²) in [7, 11) is 0. The Morgan fingerprint density at radius 2 is 2.14 bits per heavy atom. The molecule has 1 saturated heterocycles. The number of nitrogens with one attached hydrogen (secondary N) is 1. The van der Waals surface area contributed by atoms with E-state index in [1.807, 2.05) is 16.9 Å². The minimum absolute atomic E-state index is 0.0887. The Labute approximate surface area is 202 Å². The van der Waals surface area contributed by atoms with Gasteiger partial charge in [0.2, 0.25) is 0 Å². The number of anilines is 2. The smallest absolute Gasteiger partial charge is 0.251 e. The summed E-state index contributed by atoms with van der Waals surface area (Å²) in [4.78, 5) is 23.4. The lowest BCUT2D eigenvalue weighted by molar-refractivity contribution is 0.100. The number of amides is 1. The van der Waals surface area contributed by atoms with E-state index >= 15 is 0 Å². The van der Waals surface area contributed by atoms with Gasteiger partial charge < -0.3 is 16.0 Å². The van der Waals surface area contributed by atoms with Crippen molar-refractivity contribution in [3.05, 3.63) is 54.2 Å². The Hall–Kier alpha value is -4.46. The van der Waals surface area contributed by atoms with Crippen LogP contribution in [0.25, 0.3) is 16.8 Å². The number of rotatable bonds is 7. The van der Waals surface area contributed by atoms with Gasteiger partial charge in [-0.25, -0.2) is 14.5 Å². The first-order valence-electron chi connectivity index (χ1n) is 11.6. The predicted octanol–water partition coefficient (Wildman–Crippen LogP) is 2.31. The average molecular weight is 471 g/mol. The van der Waals surface area contributed by atoms with E-state index in [4.69, 9.17) is 16.1 Å². The molecule has 2 atom stereocenters. The average Bonchev–Trinajstić information content (AvgIpc) is 3.58. The topological polar surface area (TPSA) is 143 Å². The molecule has 178 valence electrons. The Morgan fingerprint density at radius 3 is 2.86 bits per heavy atom. The number of aromatic nitrogens is 6. The van der Waals surface area contributed by atoms with Gasteiger partial charge in [0.05, 0.1) is 17.3 Å². The first-order chi connectivity index (χ1) is 17.0. The summed E-state index contributed by atoms with van der Waals surface area (Å²) in [5.74, 6) is 1.24. The summed E-state index contributed by atoms with van der Waals surface area (Å²) in [5, 5.41) is 21.7. The molecule has 0 aliphatic carbocycles. The molecule has 11 heteroatoms. The van der Waals surface area contributed by atoms with Crippen molar-refractivity contribution in [2.75, 3.05) is 23.3 Å². The van der Waals surface area contributed by atoms with Crippen LogP contribution in [0.4, 0.5) is 11.6 Å². The minimum Gasteiger partial charge on any atom is -0.366 e. The summed E-state index contributed by atoms with van der Waals surface area (Å²) in [6.45, 7) is 6.53. The van der Waals surface area contributed by atoms with E-state index in [1.54, 1.807) is 29.2 Å². The van der Waals surface area contributed by atoms with Crippen molar-refractivity contribution in [1.82, 2.24) is 29.4 Å². The molecule has 0 saturated carbocycles. The molecule has 5 heterocycles. The van der Waals surface area contributed by atoms with Crippen molar-refractivity contribution in [2.24, 2.45) is 11.7 Å². The first kappa shape index (κ1) is 22.3. The van der Waals surface area contributed by atoms with Gasteiger partial charge in [-0.3, -0.25) is 9.48 Å². The largest absolute Gasteiger partial charge is 0.366 e. The van der Waals surface area contributed by atoms with Gasteiger partial charge in [0.1, 0.15) is 11.9 Å². The summed E-state index contributed by atoms with van der Waals surface area (Å²) < 4.78 is 3.50. The van der Waals surface area contributed by atoms with Crippen molar-refractivity contribution < 1.29 is 4.79 Å². The van der Waals surface area contributed by atoms with E-state index in [2.05, 4.69) is 45.2 Å². The van der Waals surface area contributed by atoms with Crippen LogP contribution in [0.15, 0.2) is 43.1 Å². The Morgan fingerprint density at radius 1 is 1.29 bits per heavy atom. The lowest BCUT2D eigenvalue weighted by Crippen LogP contribution is -2.29. The van der Waals surface area contributed by atoms with Crippen LogP contribution in [0.2, 0.25) is 0 Å². The number of imidazole rings is 1. The number of carbonyl (C=O) groups is 1. The SMILES string of the molecule is CCCn1cc(-c2c(C(N)=O)cnn3ccnc23)c(N[C@@H]2CN(c3ccc(C#N)cn3)C[C@@H]2C)n1.